The molecule has 5 atom stereocenters. The molecular weight excluding hydrogens is 551 g/mol. The van der Waals surface area contributed by atoms with Gasteiger partial charge in [0.1, 0.15) is 29.5 Å². The second-order valence-corrected chi connectivity index (χ2v) is 13.0. The molecule has 2 aromatic heterocycles. The Morgan fingerprint density at radius 3 is 2.93 bits per heavy atom. The van der Waals surface area contributed by atoms with Crippen LogP contribution in [0.25, 0.3) is 0 Å². The first-order valence-electron chi connectivity index (χ1n) is 15.2. The van der Waals surface area contributed by atoms with Crippen molar-refractivity contribution in [3.63, 3.8) is 0 Å². The molecule has 2 N–H and O–H groups in total. The number of alkyl halides is 1. The molecule has 1 saturated carbocycles. The van der Waals surface area contributed by atoms with Gasteiger partial charge in [0.2, 0.25) is 0 Å². The second-order valence-electron chi connectivity index (χ2n) is 13.0. The summed E-state index contributed by atoms with van der Waals surface area (Å²) in [5, 5.41) is 5.54. The van der Waals surface area contributed by atoms with E-state index in [1.807, 2.05) is 6.07 Å². The van der Waals surface area contributed by atoms with Crippen molar-refractivity contribution in [1.29, 1.82) is 0 Å². The summed E-state index contributed by atoms with van der Waals surface area (Å²) in [4.78, 5) is 39.5. The second kappa shape index (κ2) is 11.4. The van der Waals surface area contributed by atoms with Crippen molar-refractivity contribution in [2.45, 2.75) is 76.3 Å². The molecule has 10 nitrogen and oxygen atoms in total. The smallest absolute Gasteiger partial charge is 0.329 e. The maximum Gasteiger partial charge on any atom is 0.329 e. The van der Waals surface area contributed by atoms with Crippen molar-refractivity contribution in [2.75, 3.05) is 41.4 Å². The van der Waals surface area contributed by atoms with Crippen LogP contribution in [0.3, 0.4) is 0 Å². The topological polar surface area (TPSA) is 109 Å². The number of fused-ring (bicyclic) bond motifs is 5. The number of anilines is 3. The molecule has 230 valence electrons. The van der Waals surface area contributed by atoms with Gasteiger partial charge in [-0.25, -0.2) is 19.2 Å². The molecule has 4 aliphatic rings. The van der Waals surface area contributed by atoms with E-state index in [0.717, 1.165) is 31.5 Å². The van der Waals surface area contributed by atoms with Crippen LogP contribution in [0.1, 0.15) is 63.4 Å². The van der Waals surface area contributed by atoms with Crippen molar-refractivity contribution in [3.05, 3.63) is 48.8 Å². The molecule has 3 aliphatic heterocycles. The van der Waals surface area contributed by atoms with Gasteiger partial charge in [0.15, 0.2) is 5.82 Å². The average molecular weight is 593 g/mol. The van der Waals surface area contributed by atoms with Crippen LogP contribution >= 0.6 is 0 Å². The number of nitrogens with one attached hydrogen (secondary N) is 2. The van der Waals surface area contributed by atoms with E-state index in [9.17, 15) is 14.0 Å². The van der Waals surface area contributed by atoms with E-state index in [1.165, 1.54) is 19.4 Å². The lowest BCUT2D eigenvalue weighted by Gasteiger charge is -2.45. The Kier molecular flexibility index (Phi) is 7.78. The number of aromatic nitrogens is 2. The molecule has 2 aromatic rings. The number of piperidine rings is 1. The predicted molar refractivity (Wildman–Crippen MR) is 163 cm³/mol. The molecule has 2 saturated heterocycles. The largest absolute Gasteiger partial charge is 0.491 e. The summed E-state index contributed by atoms with van der Waals surface area (Å²) in [5.41, 5.74) is -0.845. The Labute approximate surface area is 252 Å². The van der Waals surface area contributed by atoms with E-state index in [2.05, 4.69) is 45.9 Å². The monoisotopic (exact) mass is 592 g/mol. The van der Waals surface area contributed by atoms with Crippen LogP contribution in [0.4, 0.5) is 26.5 Å². The minimum absolute atomic E-state index is 0.0298. The average Bonchev–Trinajstić information content (AvgIpc) is 3.76. The van der Waals surface area contributed by atoms with Gasteiger partial charge in [-0.05, 0) is 76.5 Å². The van der Waals surface area contributed by atoms with E-state index in [4.69, 9.17) is 9.47 Å². The number of nitrogens with zero attached hydrogens (tertiary/aromatic N) is 4. The fraction of sp³-hybridized carbons (Fsp3) is 0.562. The molecule has 2 bridgehead atoms. The Morgan fingerprint density at radius 2 is 2.14 bits per heavy atom. The molecule has 5 heterocycles. The zero-order chi connectivity index (χ0) is 30.4. The lowest BCUT2D eigenvalue weighted by atomic mass is 9.95. The SMILES string of the molecule is C=CCC(C)(F)CNC(=O)c1ccc2c(n1)N(C(=O)Nc1cc(OC[C@H]3CC4CC4C(C)(C)O3)ccn1)[C@H]1CCCN2C1. The summed E-state index contributed by atoms with van der Waals surface area (Å²) >= 11 is 0. The van der Waals surface area contributed by atoms with Gasteiger partial charge in [0.05, 0.1) is 30.0 Å². The van der Waals surface area contributed by atoms with Crippen LogP contribution in [0.2, 0.25) is 0 Å². The number of hydrogen-bond donors (Lipinski definition) is 2. The van der Waals surface area contributed by atoms with Crippen LogP contribution in [-0.2, 0) is 4.74 Å². The van der Waals surface area contributed by atoms with Crippen LogP contribution in [0, 0.1) is 11.8 Å². The Bertz CT molecular complexity index is 1400. The first kappa shape index (κ1) is 29.3. The Morgan fingerprint density at radius 1 is 1.30 bits per heavy atom. The fourth-order valence-corrected chi connectivity index (χ4v) is 6.83. The highest BCUT2D eigenvalue weighted by atomic mass is 19.1. The van der Waals surface area contributed by atoms with Crippen LogP contribution < -0.4 is 25.2 Å². The molecule has 0 spiro atoms. The molecule has 43 heavy (non-hydrogen) atoms. The molecule has 0 radical (unpaired) electrons. The fourth-order valence-electron chi connectivity index (χ4n) is 6.83. The quantitative estimate of drug-likeness (QED) is 0.390. The van der Waals surface area contributed by atoms with Gasteiger partial charge >= 0.3 is 6.03 Å². The van der Waals surface area contributed by atoms with Crippen molar-refractivity contribution >= 4 is 29.3 Å². The standard InChI is InChI=1S/C32H41FN6O4/c1-5-11-32(4,33)19-35-29(40)25-8-9-26-28(36-25)39(21-7-6-13-38(26)17-21)30(41)37-27-16-22(10-12-34-27)42-18-23-14-20-15-24(20)31(2,3)43-23/h5,8-10,12,16,20-21,23-24H,1,6-7,11,13-15,17-19H2,2-4H3,(H,35,40)(H,34,37,41)/t20?,21-,23+,24?,32?/m0/s1. The summed E-state index contributed by atoms with van der Waals surface area (Å²) in [6.07, 6.45) is 7.19. The lowest BCUT2D eigenvalue weighted by molar-refractivity contribution is -0.126. The number of halogens is 1. The molecule has 11 heteroatoms. The Hall–Kier alpha value is -3.73. The number of ether oxygens (including phenoxy) is 2. The maximum atomic E-state index is 14.6. The zero-order valence-electron chi connectivity index (χ0n) is 25.1. The summed E-state index contributed by atoms with van der Waals surface area (Å²) in [7, 11) is 0. The van der Waals surface area contributed by atoms with Crippen molar-refractivity contribution < 1.29 is 23.5 Å². The van der Waals surface area contributed by atoms with Gasteiger partial charge in [-0.2, -0.15) is 0 Å². The van der Waals surface area contributed by atoms with Crippen LogP contribution in [0.5, 0.6) is 5.75 Å². The number of amides is 3. The third kappa shape index (κ3) is 6.32. The molecular formula is C32H41FN6O4. The molecule has 3 amide bonds. The van der Waals surface area contributed by atoms with Gasteiger partial charge in [-0.3, -0.25) is 15.0 Å². The normalized spacial score (nSPS) is 26.3. The number of urea groups is 1. The van der Waals surface area contributed by atoms with Crippen LogP contribution in [-0.4, -0.2) is 71.6 Å². The highest BCUT2D eigenvalue weighted by molar-refractivity contribution is 6.04. The lowest BCUT2D eigenvalue weighted by Crippen LogP contribution is -2.56. The minimum atomic E-state index is -1.62. The zero-order valence-corrected chi connectivity index (χ0v) is 25.1. The number of rotatable bonds is 9. The first-order chi connectivity index (χ1) is 20.5. The van der Waals surface area contributed by atoms with Gasteiger partial charge in [-0.1, -0.05) is 6.08 Å². The van der Waals surface area contributed by atoms with E-state index < -0.39 is 11.6 Å². The van der Waals surface area contributed by atoms with Gasteiger partial charge in [0.25, 0.3) is 5.91 Å². The minimum Gasteiger partial charge on any atom is -0.491 e. The van der Waals surface area contributed by atoms with E-state index in [-0.39, 0.29) is 42.4 Å². The number of pyridine rings is 2. The van der Waals surface area contributed by atoms with Gasteiger partial charge < -0.3 is 19.7 Å². The number of carbonyl (C=O) groups excluding carboxylic acids is 2. The van der Waals surface area contributed by atoms with Crippen molar-refractivity contribution in [1.82, 2.24) is 15.3 Å². The van der Waals surface area contributed by atoms with Gasteiger partial charge in [-0.15, -0.1) is 6.58 Å². The third-order valence-corrected chi connectivity index (χ3v) is 9.08. The summed E-state index contributed by atoms with van der Waals surface area (Å²) < 4.78 is 27.0. The van der Waals surface area contributed by atoms with E-state index in [1.54, 1.807) is 29.3 Å². The highest BCUT2D eigenvalue weighted by Crippen LogP contribution is 2.54. The van der Waals surface area contributed by atoms with E-state index in [0.29, 0.717) is 42.4 Å². The van der Waals surface area contributed by atoms with Gasteiger partial charge in [0, 0.05) is 31.8 Å². The number of carbonyl (C=O) groups is 2. The van der Waals surface area contributed by atoms with E-state index >= 15 is 0 Å². The maximum absolute atomic E-state index is 14.6. The van der Waals surface area contributed by atoms with Crippen LogP contribution in [0.15, 0.2) is 43.1 Å². The molecule has 6 rings (SSSR count). The van der Waals surface area contributed by atoms with Crippen molar-refractivity contribution in [2.24, 2.45) is 11.8 Å². The molecule has 3 unspecified atom stereocenters. The molecule has 0 aromatic carbocycles. The highest BCUT2D eigenvalue weighted by Gasteiger charge is 2.53. The summed E-state index contributed by atoms with van der Waals surface area (Å²) in [5.74, 6) is 2.22. The number of allylic oxidation sites excluding steroid dienone is 1. The predicted octanol–water partition coefficient (Wildman–Crippen LogP) is 5.11. The number of hydrogen-bond acceptors (Lipinski definition) is 7. The summed E-state index contributed by atoms with van der Waals surface area (Å²) in [6.45, 7) is 11.1. The molecule has 3 fully saturated rings. The van der Waals surface area contributed by atoms with Crippen molar-refractivity contribution in [3.8, 4) is 5.75 Å². The third-order valence-electron chi connectivity index (χ3n) is 9.08. The first-order valence-corrected chi connectivity index (χ1v) is 15.2. The summed E-state index contributed by atoms with van der Waals surface area (Å²) in [6, 6.07) is 6.39. The Balaban J connectivity index is 1.15. The molecule has 1 aliphatic carbocycles.